The number of nitrogens with zero attached hydrogens (tertiary/aromatic N) is 3. The molecule has 1 aromatic carbocycles. The van der Waals surface area contributed by atoms with Crippen LogP contribution in [0.15, 0.2) is 53.5 Å². The van der Waals surface area contributed by atoms with E-state index in [1.807, 2.05) is 18.2 Å². The predicted octanol–water partition coefficient (Wildman–Crippen LogP) is 1.15. The molecule has 0 aliphatic heterocycles. The van der Waals surface area contributed by atoms with Crippen LogP contribution >= 0.6 is 0 Å². The van der Waals surface area contributed by atoms with Crippen LogP contribution in [-0.4, -0.2) is 35.4 Å². The Morgan fingerprint density at radius 2 is 1.88 bits per heavy atom. The zero-order valence-electron chi connectivity index (χ0n) is 13.2. The molecule has 0 unspecified atom stereocenters. The summed E-state index contributed by atoms with van der Waals surface area (Å²) in [4.78, 5) is 12.2. The Hall–Kier alpha value is -2.61. The van der Waals surface area contributed by atoms with Gasteiger partial charge in [-0.15, -0.1) is 5.10 Å². The summed E-state index contributed by atoms with van der Waals surface area (Å²) < 4.78 is 25.9. The Morgan fingerprint density at radius 1 is 1.12 bits per heavy atom. The van der Waals surface area contributed by atoms with E-state index in [1.165, 1.54) is 15.3 Å². The van der Waals surface area contributed by atoms with Crippen molar-refractivity contribution >= 4 is 21.2 Å². The van der Waals surface area contributed by atoms with Crippen molar-refractivity contribution in [2.45, 2.75) is 12.3 Å². The quantitative estimate of drug-likeness (QED) is 0.724. The number of para-hydroxylation sites is 1. The molecule has 24 heavy (non-hydrogen) atoms. The van der Waals surface area contributed by atoms with Crippen molar-refractivity contribution in [3.63, 3.8) is 0 Å². The average Bonchev–Trinajstić information content (AvgIpc) is 2.84. The number of anilines is 1. The highest BCUT2D eigenvalue weighted by Crippen LogP contribution is 2.17. The molecule has 7 nitrogen and oxygen atoms in total. The Morgan fingerprint density at radius 3 is 2.62 bits per heavy atom. The third-order valence-electron chi connectivity index (χ3n) is 3.56. The smallest absolute Gasteiger partial charge is 0.350 e. The lowest BCUT2D eigenvalue weighted by Gasteiger charge is -2.11. The summed E-state index contributed by atoms with van der Waals surface area (Å²) in [6.45, 7) is 0.846. The van der Waals surface area contributed by atoms with Crippen molar-refractivity contribution in [2.24, 2.45) is 0 Å². The van der Waals surface area contributed by atoms with E-state index in [0.717, 1.165) is 5.69 Å². The first kappa shape index (κ1) is 16.3. The number of hydrogen-bond donors (Lipinski definition) is 1. The van der Waals surface area contributed by atoms with Crippen LogP contribution in [0.5, 0.6) is 0 Å². The van der Waals surface area contributed by atoms with E-state index in [0.29, 0.717) is 24.3 Å². The molecular formula is C16H18N4O3S. The summed E-state index contributed by atoms with van der Waals surface area (Å²) in [7, 11) is -3.11. The van der Waals surface area contributed by atoms with Gasteiger partial charge in [0, 0.05) is 24.7 Å². The number of pyridine rings is 1. The molecule has 2 aromatic heterocycles. The van der Waals surface area contributed by atoms with Crippen molar-refractivity contribution in [3.8, 4) is 0 Å². The topological polar surface area (TPSA) is 85.5 Å². The maximum absolute atomic E-state index is 12.2. The van der Waals surface area contributed by atoms with Crippen molar-refractivity contribution in [3.05, 3.63) is 64.7 Å². The average molecular weight is 346 g/mol. The van der Waals surface area contributed by atoms with Crippen LogP contribution < -0.4 is 11.0 Å². The van der Waals surface area contributed by atoms with Gasteiger partial charge in [0.25, 0.3) is 0 Å². The molecule has 0 amide bonds. The van der Waals surface area contributed by atoms with E-state index < -0.39 is 9.84 Å². The lowest BCUT2D eigenvalue weighted by Crippen LogP contribution is -2.24. The summed E-state index contributed by atoms with van der Waals surface area (Å²) in [5, 5.41) is 7.44. The Labute approximate surface area is 139 Å². The van der Waals surface area contributed by atoms with Crippen LogP contribution in [0.4, 0.5) is 5.69 Å². The molecule has 0 atom stereocenters. The molecule has 0 fully saturated rings. The second-order valence-corrected chi connectivity index (χ2v) is 7.73. The summed E-state index contributed by atoms with van der Waals surface area (Å²) >= 11 is 0. The van der Waals surface area contributed by atoms with E-state index in [9.17, 15) is 13.2 Å². The van der Waals surface area contributed by atoms with Gasteiger partial charge in [-0.3, -0.25) is 4.40 Å². The van der Waals surface area contributed by atoms with Crippen molar-refractivity contribution in [1.82, 2.24) is 14.2 Å². The Balaban J connectivity index is 1.72. The van der Waals surface area contributed by atoms with Gasteiger partial charge in [0.2, 0.25) is 0 Å². The SMILES string of the molecule is CS(=O)(=O)Cc1ccccc1NCCn1nc2ccccn2c1=O. The van der Waals surface area contributed by atoms with Crippen LogP contribution in [0.25, 0.3) is 5.65 Å². The highest BCUT2D eigenvalue weighted by Gasteiger charge is 2.09. The number of benzene rings is 1. The van der Waals surface area contributed by atoms with Gasteiger partial charge in [-0.25, -0.2) is 17.9 Å². The molecule has 3 rings (SSSR count). The van der Waals surface area contributed by atoms with Crippen LogP contribution in [0.2, 0.25) is 0 Å². The molecule has 3 aromatic rings. The van der Waals surface area contributed by atoms with Gasteiger partial charge in [0.1, 0.15) is 0 Å². The summed E-state index contributed by atoms with van der Waals surface area (Å²) in [6.07, 6.45) is 2.88. The standard InChI is InChI=1S/C16H18N4O3S/c1-24(22,23)12-13-6-2-3-7-14(13)17-9-11-20-16(21)19-10-5-4-8-15(19)18-20/h2-8,10,17H,9,11-12H2,1H3. The molecule has 0 aliphatic carbocycles. The third-order valence-corrected chi connectivity index (χ3v) is 4.40. The normalized spacial score (nSPS) is 11.7. The number of nitrogens with one attached hydrogen (secondary N) is 1. The predicted molar refractivity (Wildman–Crippen MR) is 92.9 cm³/mol. The van der Waals surface area contributed by atoms with Gasteiger partial charge in [-0.1, -0.05) is 24.3 Å². The lowest BCUT2D eigenvalue weighted by molar-refractivity contribution is 0.601. The van der Waals surface area contributed by atoms with Crippen LogP contribution in [0, 0.1) is 0 Å². The fraction of sp³-hybridized carbons (Fsp3) is 0.250. The van der Waals surface area contributed by atoms with E-state index in [1.54, 1.807) is 30.5 Å². The second kappa shape index (κ2) is 6.48. The maximum Gasteiger partial charge on any atom is 0.350 e. The van der Waals surface area contributed by atoms with E-state index in [2.05, 4.69) is 10.4 Å². The largest absolute Gasteiger partial charge is 0.383 e. The lowest BCUT2D eigenvalue weighted by atomic mass is 10.2. The number of fused-ring (bicyclic) bond motifs is 1. The van der Waals surface area contributed by atoms with E-state index in [4.69, 9.17) is 0 Å². The fourth-order valence-corrected chi connectivity index (χ4v) is 3.33. The molecule has 1 N–H and O–H groups in total. The second-order valence-electron chi connectivity index (χ2n) is 5.59. The van der Waals surface area contributed by atoms with Gasteiger partial charge in [0.15, 0.2) is 15.5 Å². The molecule has 0 bridgehead atoms. The van der Waals surface area contributed by atoms with Crippen LogP contribution in [0.1, 0.15) is 5.56 Å². The minimum absolute atomic E-state index is 0.0233. The maximum atomic E-state index is 12.2. The molecule has 0 saturated heterocycles. The molecule has 0 aliphatic rings. The minimum Gasteiger partial charge on any atom is -0.383 e. The summed E-state index contributed by atoms with van der Waals surface area (Å²) in [6, 6.07) is 12.6. The first-order chi connectivity index (χ1) is 11.4. The van der Waals surface area contributed by atoms with Gasteiger partial charge in [-0.2, -0.15) is 0 Å². The molecule has 126 valence electrons. The zero-order chi connectivity index (χ0) is 17.2. The fourth-order valence-electron chi connectivity index (χ4n) is 2.51. The van der Waals surface area contributed by atoms with Gasteiger partial charge in [0.05, 0.1) is 12.3 Å². The van der Waals surface area contributed by atoms with Crippen molar-refractivity contribution in [2.75, 3.05) is 18.1 Å². The van der Waals surface area contributed by atoms with Crippen molar-refractivity contribution < 1.29 is 8.42 Å². The Kier molecular flexibility index (Phi) is 4.39. The van der Waals surface area contributed by atoms with Gasteiger partial charge in [-0.05, 0) is 23.8 Å². The molecular weight excluding hydrogens is 328 g/mol. The third kappa shape index (κ3) is 3.65. The first-order valence-corrected chi connectivity index (χ1v) is 9.54. The molecule has 2 heterocycles. The molecule has 0 spiro atoms. The van der Waals surface area contributed by atoms with E-state index in [-0.39, 0.29) is 11.4 Å². The Bertz CT molecular complexity index is 1020. The van der Waals surface area contributed by atoms with Crippen LogP contribution in [0.3, 0.4) is 0 Å². The number of hydrogen-bond acceptors (Lipinski definition) is 5. The highest BCUT2D eigenvalue weighted by atomic mass is 32.2. The summed E-state index contributed by atoms with van der Waals surface area (Å²) in [5.41, 5.74) is 1.86. The zero-order valence-corrected chi connectivity index (χ0v) is 14.0. The highest BCUT2D eigenvalue weighted by molar-refractivity contribution is 7.89. The van der Waals surface area contributed by atoms with Gasteiger partial charge < -0.3 is 5.32 Å². The first-order valence-electron chi connectivity index (χ1n) is 7.48. The molecule has 0 radical (unpaired) electrons. The monoisotopic (exact) mass is 346 g/mol. The number of sulfone groups is 1. The number of rotatable bonds is 6. The van der Waals surface area contributed by atoms with Gasteiger partial charge >= 0.3 is 5.69 Å². The number of aromatic nitrogens is 3. The van der Waals surface area contributed by atoms with E-state index >= 15 is 0 Å². The summed E-state index contributed by atoms with van der Waals surface area (Å²) in [5.74, 6) is -0.0233. The minimum atomic E-state index is -3.11. The molecule has 8 heteroatoms. The van der Waals surface area contributed by atoms with Crippen LogP contribution in [-0.2, 0) is 22.1 Å². The van der Waals surface area contributed by atoms with Crippen molar-refractivity contribution in [1.29, 1.82) is 0 Å². The molecule has 0 saturated carbocycles.